The number of phenols is 1. The molecule has 1 aliphatic rings. The minimum atomic E-state index is -0.423. The minimum Gasteiger partial charge on any atom is -0.507 e. The Balaban J connectivity index is 1.60. The van der Waals surface area contributed by atoms with Crippen molar-refractivity contribution in [1.29, 1.82) is 0 Å². The number of aldehydes is 1. The molecule has 8 heteroatoms. The van der Waals surface area contributed by atoms with Crippen LogP contribution in [0.5, 0.6) is 17.2 Å². The number of amides is 1. The van der Waals surface area contributed by atoms with Crippen LogP contribution >= 0.6 is 0 Å². The summed E-state index contributed by atoms with van der Waals surface area (Å²) in [5.74, 6) is 0.596. The highest BCUT2D eigenvalue weighted by molar-refractivity contribution is 5.91. The molecule has 3 rings (SSSR count). The van der Waals surface area contributed by atoms with E-state index in [1.54, 1.807) is 0 Å². The van der Waals surface area contributed by atoms with Crippen LogP contribution in [-0.2, 0) is 4.79 Å². The number of benzene rings is 1. The Bertz CT molecular complexity index is 796. The van der Waals surface area contributed by atoms with Gasteiger partial charge in [-0.25, -0.2) is 0 Å². The molecule has 3 N–H and O–H groups in total. The molecule has 1 aliphatic carbocycles. The second kappa shape index (κ2) is 7.90. The van der Waals surface area contributed by atoms with Gasteiger partial charge in [-0.2, -0.15) is 5.10 Å². The van der Waals surface area contributed by atoms with E-state index in [4.69, 9.17) is 9.47 Å². The summed E-state index contributed by atoms with van der Waals surface area (Å²) < 4.78 is 10.4. The predicted octanol–water partition coefficient (Wildman–Crippen LogP) is 2.61. The average Bonchev–Trinajstić information content (AvgIpc) is 3.31. The summed E-state index contributed by atoms with van der Waals surface area (Å²) in [7, 11) is 1.42. The van der Waals surface area contributed by atoms with Crippen LogP contribution in [0.2, 0.25) is 0 Å². The molecule has 1 saturated carbocycles. The summed E-state index contributed by atoms with van der Waals surface area (Å²) >= 11 is 0. The Labute approximate surface area is 150 Å². The Hall–Kier alpha value is -3.03. The molecule has 0 atom stereocenters. The summed E-state index contributed by atoms with van der Waals surface area (Å²) in [5, 5.41) is 19.5. The third-order valence-electron chi connectivity index (χ3n) is 4.47. The standard InChI is InChI=1S/C18H21N3O5/c1-25-12-6-15(23)13(9-22)16(7-12)26-10-18(24)19-17-8-14(20-21-17)11-4-2-3-5-11/h6-9,11,23H,2-5,10H2,1H3,(H2,19,20,21,24). The third kappa shape index (κ3) is 3.96. The van der Waals surface area contributed by atoms with Crippen LogP contribution in [0, 0.1) is 0 Å². The van der Waals surface area contributed by atoms with Crippen molar-refractivity contribution in [3.8, 4) is 17.2 Å². The molecule has 8 nitrogen and oxygen atoms in total. The molecule has 0 aliphatic heterocycles. The number of phenolic OH excluding ortho intramolecular Hbond substituents is 1. The number of nitrogens with one attached hydrogen (secondary N) is 2. The second-order valence-electron chi connectivity index (χ2n) is 6.20. The van der Waals surface area contributed by atoms with E-state index in [1.807, 2.05) is 6.07 Å². The SMILES string of the molecule is COc1cc(O)c(C=O)c(OCC(=O)Nc2cc(C3CCCC3)[nH]n2)c1. The topological polar surface area (TPSA) is 114 Å². The quantitative estimate of drug-likeness (QED) is 0.655. The first kappa shape index (κ1) is 17.8. The molecule has 1 amide bonds. The molecule has 138 valence electrons. The highest BCUT2D eigenvalue weighted by atomic mass is 16.5. The van der Waals surface area contributed by atoms with E-state index in [9.17, 15) is 14.7 Å². The lowest BCUT2D eigenvalue weighted by Gasteiger charge is -2.11. The van der Waals surface area contributed by atoms with Crippen molar-refractivity contribution in [2.24, 2.45) is 0 Å². The molecule has 0 radical (unpaired) electrons. The molecule has 0 saturated heterocycles. The number of H-pyrrole nitrogens is 1. The number of aromatic amines is 1. The summed E-state index contributed by atoms with van der Waals surface area (Å²) in [5.41, 5.74) is 0.988. The van der Waals surface area contributed by atoms with Crippen molar-refractivity contribution >= 4 is 18.0 Å². The molecule has 1 aromatic carbocycles. The van der Waals surface area contributed by atoms with E-state index < -0.39 is 5.91 Å². The highest BCUT2D eigenvalue weighted by Gasteiger charge is 2.20. The van der Waals surface area contributed by atoms with Crippen LogP contribution in [0.15, 0.2) is 18.2 Å². The molecular formula is C18H21N3O5. The lowest BCUT2D eigenvalue weighted by molar-refractivity contribution is -0.118. The zero-order valence-corrected chi connectivity index (χ0v) is 14.4. The number of carbonyl (C=O) groups is 2. The fourth-order valence-electron chi connectivity index (χ4n) is 3.11. The maximum Gasteiger partial charge on any atom is 0.263 e. The van der Waals surface area contributed by atoms with Gasteiger partial charge in [-0.05, 0) is 12.8 Å². The van der Waals surface area contributed by atoms with E-state index >= 15 is 0 Å². The lowest BCUT2D eigenvalue weighted by atomic mass is 10.0. The fourth-order valence-corrected chi connectivity index (χ4v) is 3.11. The Morgan fingerprint density at radius 2 is 2.15 bits per heavy atom. The summed E-state index contributed by atoms with van der Waals surface area (Å²) in [6.07, 6.45) is 5.15. The zero-order valence-electron chi connectivity index (χ0n) is 14.4. The van der Waals surface area contributed by atoms with Crippen molar-refractivity contribution in [2.75, 3.05) is 19.0 Å². The summed E-state index contributed by atoms with van der Waals surface area (Å²) in [6.45, 7) is -0.334. The van der Waals surface area contributed by atoms with E-state index in [-0.39, 0.29) is 23.7 Å². The van der Waals surface area contributed by atoms with E-state index in [0.717, 1.165) is 18.5 Å². The molecule has 0 unspecified atom stereocenters. The van der Waals surface area contributed by atoms with Crippen LogP contribution in [0.25, 0.3) is 0 Å². The van der Waals surface area contributed by atoms with Gasteiger partial charge in [0, 0.05) is 29.8 Å². The van der Waals surface area contributed by atoms with Crippen molar-refractivity contribution in [2.45, 2.75) is 31.6 Å². The molecule has 0 spiro atoms. The van der Waals surface area contributed by atoms with Crippen molar-refractivity contribution in [3.63, 3.8) is 0 Å². The van der Waals surface area contributed by atoms with Gasteiger partial charge in [-0.1, -0.05) is 12.8 Å². The Morgan fingerprint density at radius 3 is 2.85 bits per heavy atom. The second-order valence-corrected chi connectivity index (χ2v) is 6.20. The van der Waals surface area contributed by atoms with Crippen molar-refractivity contribution in [1.82, 2.24) is 10.2 Å². The van der Waals surface area contributed by atoms with Gasteiger partial charge in [-0.3, -0.25) is 14.7 Å². The molecule has 26 heavy (non-hydrogen) atoms. The largest absolute Gasteiger partial charge is 0.507 e. The van der Waals surface area contributed by atoms with E-state index in [2.05, 4.69) is 15.5 Å². The normalized spacial score (nSPS) is 14.2. The van der Waals surface area contributed by atoms with Gasteiger partial charge >= 0.3 is 0 Å². The van der Waals surface area contributed by atoms with E-state index in [0.29, 0.717) is 23.8 Å². The fraction of sp³-hybridized carbons (Fsp3) is 0.389. The van der Waals surface area contributed by atoms with Gasteiger partial charge in [0.2, 0.25) is 0 Å². The third-order valence-corrected chi connectivity index (χ3v) is 4.47. The first-order chi connectivity index (χ1) is 12.6. The number of aromatic hydroxyl groups is 1. The van der Waals surface area contributed by atoms with E-state index in [1.165, 1.54) is 32.1 Å². The smallest absolute Gasteiger partial charge is 0.263 e. The van der Waals surface area contributed by atoms with Gasteiger partial charge in [-0.15, -0.1) is 0 Å². The molecule has 1 fully saturated rings. The van der Waals surface area contributed by atoms with Gasteiger partial charge < -0.3 is 19.9 Å². The first-order valence-electron chi connectivity index (χ1n) is 8.45. The number of rotatable bonds is 7. The number of aromatic nitrogens is 2. The maximum absolute atomic E-state index is 12.1. The number of methoxy groups -OCH3 is 1. The van der Waals surface area contributed by atoms with Crippen LogP contribution in [0.4, 0.5) is 5.82 Å². The molecule has 1 aromatic heterocycles. The van der Waals surface area contributed by atoms with Gasteiger partial charge in [0.1, 0.15) is 17.2 Å². The lowest BCUT2D eigenvalue weighted by Crippen LogP contribution is -2.20. The number of carbonyl (C=O) groups excluding carboxylic acids is 2. The zero-order chi connectivity index (χ0) is 18.5. The monoisotopic (exact) mass is 359 g/mol. The highest BCUT2D eigenvalue weighted by Crippen LogP contribution is 2.34. The molecule has 0 bridgehead atoms. The number of anilines is 1. The van der Waals surface area contributed by atoms with Crippen LogP contribution in [0.1, 0.15) is 47.7 Å². The maximum atomic E-state index is 12.1. The number of hydrogen-bond donors (Lipinski definition) is 3. The Morgan fingerprint density at radius 1 is 1.38 bits per heavy atom. The first-order valence-corrected chi connectivity index (χ1v) is 8.45. The summed E-state index contributed by atoms with van der Waals surface area (Å²) in [6, 6.07) is 4.57. The van der Waals surface area contributed by atoms with Crippen LogP contribution in [-0.4, -0.2) is 41.2 Å². The Kier molecular flexibility index (Phi) is 5.40. The van der Waals surface area contributed by atoms with Gasteiger partial charge in [0.15, 0.2) is 18.7 Å². The number of ether oxygens (including phenoxy) is 2. The molecule has 1 heterocycles. The van der Waals surface area contributed by atoms with Gasteiger partial charge in [0.05, 0.1) is 12.7 Å². The average molecular weight is 359 g/mol. The predicted molar refractivity (Wildman–Crippen MR) is 94.0 cm³/mol. The van der Waals surface area contributed by atoms with Crippen molar-refractivity contribution < 1.29 is 24.2 Å². The molecule has 2 aromatic rings. The number of nitrogens with zero attached hydrogens (tertiary/aromatic N) is 1. The minimum absolute atomic E-state index is 0.0399. The van der Waals surface area contributed by atoms with Gasteiger partial charge in [0.25, 0.3) is 5.91 Å². The van der Waals surface area contributed by atoms with Crippen LogP contribution < -0.4 is 14.8 Å². The molecular weight excluding hydrogens is 338 g/mol. The van der Waals surface area contributed by atoms with Crippen molar-refractivity contribution in [3.05, 3.63) is 29.5 Å². The summed E-state index contributed by atoms with van der Waals surface area (Å²) in [4.78, 5) is 23.2. The number of hydrogen-bond acceptors (Lipinski definition) is 6. The van der Waals surface area contributed by atoms with Crippen LogP contribution in [0.3, 0.4) is 0 Å².